The van der Waals surface area contributed by atoms with Crippen LogP contribution in [0.15, 0.2) is 17.6 Å². The first-order valence-electron chi connectivity index (χ1n) is 8.46. The molecule has 0 aliphatic heterocycles. The fraction of sp³-hybridized carbons (Fsp3) is 0.556. The van der Waals surface area contributed by atoms with Gasteiger partial charge in [-0.3, -0.25) is 9.36 Å². The number of aryl methyl sites for hydroxylation is 1. The van der Waals surface area contributed by atoms with Crippen molar-refractivity contribution in [1.29, 1.82) is 0 Å². The van der Waals surface area contributed by atoms with E-state index in [0.29, 0.717) is 18.5 Å². The molecule has 6 heteroatoms. The molecule has 0 radical (unpaired) electrons. The van der Waals surface area contributed by atoms with Crippen molar-refractivity contribution in [2.75, 3.05) is 13.2 Å². The number of nitrogens with zero attached hydrogens (tertiary/aromatic N) is 2. The third-order valence-corrected chi connectivity index (χ3v) is 5.81. The molecule has 2 aromatic rings. The molecule has 0 fully saturated rings. The summed E-state index contributed by atoms with van der Waals surface area (Å²) in [5.41, 5.74) is 2.55. The van der Waals surface area contributed by atoms with Gasteiger partial charge in [-0.05, 0) is 44.6 Å². The number of amides is 1. The first-order chi connectivity index (χ1) is 11.5. The monoisotopic (exact) mass is 349 g/mol. The Morgan fingerprint density at radius 1 is 1.38 bits per heavy atom. The highest BCUT2D eigenvalue weighted by Crippen LogP contribution is 2.29. The molecule has 0 spiro atoms. The van der Waals surface area contributed by atoms with Gasteiger partial charge in [0.1, 0.15) is 0 Å². The molecule has 0 saturated carbocycles. The number of aliphatic hydroxyl groups is 1. The van der Waals surface area contributed by atoms with Crippen LogP contribution in [0.3, 0.4) is 0 Å². The molecule has 0 aromatic carbocycles. The summed E-state index contributed by atoms with van der Waals surface area (Å²) >= 11 is 1.55. The van der Waals surface area contributed by atoms with Crippen molar-refractivity contribution >= 4 is 17.2 Å². The maximum absolute atomic E-state index is 12.7. The number of hydrogen-bond donors (Lipinski definition) is 2. The molecular weight excluding hydrogens is 322 g/mol. The zero-order valence-corrected chi connectivity index (χ0v) is 15.7. The summed E-state index contributed by atoms with van der Waals surface area (Å²) in [7, 11) is 0. The average molecular weight is 350 g/mol. The van der Waals surface area contributed by atoms with E-state index in [2.05, 4.69) is 24.1 Å². The second kappa shape index (κ2) is 7.94. The van der Waals surface area contributed by atoms with Gasteiger partial charge >= 0.3 is 0 Å². The number of aromatic nitrogens is 2. The zero-order chi connectivity index (χ0) is 17.7. The smallest absolute Gasteiger partial charge is 0.253 e. The van der Waals surface area contributed by atoms with Gasteiger partial charge in [-0.2, -0.15) is 0 Å². The third-order valence-electron chi connectivity index (χ3n) is 5.05. The number of aliphatic hydroxyl groups excluding tert-OH is 1. The lowest BCUT2D eigenvalue weighted by Crippen LogP contribution is -2.37. The number of carbonyl (C=O) groups is 1. The van der Waals surface area contributed by atoms with Gasteiger partial charge in [0.15, 0.2) is 5.13 Å². The summed E-state index contributed by atoms with van der Waals surface area (Å²) in [6.07, 6.45) is 4.34. The summed E-state index contributed by atoms with van der Waals surface area (Å²) in [6, 6.07) is 1.91. The fourth-order valence-corrected chi connectivity index (χ4v) is 3.91. The van der Waals surface area contributed by atoms with Crippen molar-refractivity contribution in [2.45, 2.75) is 47.0 Å². The lowest BCUT2D eigenvalue weighted by molar-refractivity contribution is 0.0906. The standard InChI is InChI=1S/C18H27N3O2S/c1-5-18(6-2,7-9-22)12-20-16(23)15-11-13(3)21(14(15)4)17-19-8-10-24-17/h8,10-11,22H,5-7,9,12H2,1-4H3,(H,20,23). The van der Waals surface area contributed by atoms with Crippen LogP contribution in [-0.4, -0.2) is 33.7 Å². The Morgan fingerprint density at radius 2 is 2.08 bits per heavy atom. The Kier molecular flexibility index (Phi) is 6.18. The molecule has 0 bridgehead atoms. The minimum atomic E-state index is -0.0601. The quantitative estimate of drug-likeness (QED) is 0.767. The summed E-state index contributed by atoms with van der Waals surface area (Å²) < 4.78 is 2.01. The molecule has 132 valence electrons. The zero-order valence-electron chi connectivity index (χ0n) is 14.9. The van der Waals surface area contributed by atoms with E-state index in [1.54, 1.807) is 17.5 Å². The highest BCUT2D eigenvalue weighted by molar-refractivity contribution is 7.12. The van der Waals surface area contributed by atoms with Crippen LogP contribution in [0.2, 0.25) is 0 Å². The SMILES string of the molecule is CCC(CC)(CCO)CNC(=O)c1cc(C)n(-c2nccs2)c1C. The van der Waals surface area contributed by atoms with Gasteiger partial charge in [0.2, 0.25) is 0 Å². The van der Waals surface area contributed by atoms with E-state index in [4.69, 9.17) is 0 Å². The van der Waals surface area contributed by atoms with Gasteiger partial charge in [-0.1, -0.05) is 13.8 Å². The van der Waals surface area contributed by atoms with E-state index in [9.17, 15) is 9.90 Å². The minimum Gasteiger partial charge on any atom is -0.396 e. The summed E-state index contributed by atoms with van der Waals surface area (Å²) in [4.78, 5) is 17.0. The molecule has 0 atom stereocenters. The van der Waals surface area contributed by atoms with Crippen molar-refractivity contribution in [3.8, 4) is 5.13 Å². The van der Waals surface area contributed by atoms with Crippen LogP contribution >= 0.6 is 11.3 Å². The Bertz CT molecular complexity index is 673. The second-order valence-electron chi connectivity index (χ2n) is 6.30. The predicted molar refractivity (Wildman–Crippen MR) is 98.0 cm³/mol. The highest BCUT2D eigenvalue weighted by atomic mass is 32.1. The van der Waals surface area contributed by atoms with Crippen molar-refractivity contribution in [3.63, 3.8) is 0 Å². The van der Waals surface area contributed by atoms with E-state index < -0.39 is 0 Å². The molecule has 2 heterocycles. The number of carbonyl (C=O) groups excluding carboxylic acids is 1. The van der Waals surface area contributed by atoms with Crippen LogP contribution in [-0.2, 0) is 0 Å². The van der Waals surface area contributed by atoms with E-state index in [1.165, 1.54) is 0 Å². The molecule has 0 unspecified atom stereocenters. The molecule has 24 heavy (non-hydrogen) atoms. The molecular formula is C18H27N3O2S. The molecule has 2 N–H and O–H groups in total. The van der Waals surface area contributed by atoms with Crippen LogP contribution in [0.1, 0.15) is 54.9 Å². The molecule has 1 amide bonds. The van der Waals surface area contributed by atoms with Crippen molar-refractivity contribution < 1.29 is 9.90 Å². The van der Waals surface area contributed by atoms with E-state index in [1.807, 2.05) is 29.9 Å². The van der Waals surface area contributed by atoms with Crippen LogP contribution < -0.4 is 5.32 Å². The number of thiazole rings is 1. The van der Waals surface area contributed by atoms with Crippen molar-refractivity contribution in [2.24, 2.45) is 5.41 Å². The van der Waals surface area contributed by atoms with Gasteiger partial charge in [-0.25, -0.2) is 4.98 Å². The van der Waals surface area contributed by atoms with E-state index in [0.717, 1.165) is 29.4 Å². The summed E-state index contributed by atoms with van der Waals surface area (Å²) in [5, 5.41) is 15.2. The van der Waals surface area contributed by atoms with Crippen LogP contribution in [0.4, 0.5) is 0 Å². The average Bonchev–Trinajstić information content (AvgIpc) is 3.19. The fourth-order valence-electron chi connectivity index (χ4n) is 3.16. The number of hydrogen-bond acceptors (Lipinski definition) is 4. The Balaban J connectivity index is 2.18. The van der Waals surface area contributed by atoms with Gasteiger partial charge in [0, 0.05) is 36.1 Å². The molecule has 0 aliphatic rings. The molecule has 2 rings (SSSR count). The van der Waals surface area contributed by atoms with Gasteiger partial charge in [0.05, 0.1) is 5.56 Å². The lowest BCUT2D eigenvalue weighted by Gasteiger charge is -2.31. The van der Waals surface area contributed by atoms with Crippen LogP contribution in [0, 0.1) is 19.3 Å². The summed E-state index contributed by atoms with van der Waals surface area (Å²) in [5.74, 6) is -0.0601. The van der Waals surface area contributed by atoms with E-state index >= 15 is 0 Å². The molecule has 0 saturated heterocycles. The number of rotatable bonds is 8. The van der Waals surface area contributed by atoms with Crippen molar-refractivity contribution in [3.05, 3.63) is 34.6 Å². The Labute approximate surface area is 147 Å². The van der Waals surface area contributed by atoms with Crippen LogP contribution in [0.5, 0.6) is 0 Å². The van der Waals surface area contributed by atoms with Crippen molar-refractivity contribution in [1.82, 2.24) is 14.9 Å². The summed E-state index contributed by atoms with van der Waals surface area (Å²) in [6.45, 7) is 8.89. The Hall–Kier alpha value is -1.66. The highest BCUT2D eigenvalue weighted by Gasteiger charge is 2.27. The van der Waals surface area contributed by atoms with Gasteiger partial charge in [0.25, 0.3) is 5.91 Å². The first-order valence-corrected chi connectivity index (χ1v) is 9.34. The molecule has 0 aliphatic carbocycles. The maximum atomic E-state index is 12.7. The van der Waals surface area contributed by atoms with Crippen LogP contribution in [0.25, 0.3) is 5.13 Å². The number of nitrogens with one attached hydrogen (secondary N) is 1. The third kappa shape index (κ3) is 3.70. The van der Waals surface area contributed by atoms with Gasteiger partial charge < -0.3 is 10.4 Å². The van der Waals surface area contributed by atoms with E-state index in [-0.39, 0.29) is 17.9 Å². The van der Waals surface area contributed by atoms with Gasteiger partial charge in [-0.15, -0.1) is 11.3 Å². The normalized spacial score (nSPS) is 11.7. The lowest BCUT2D eigenvalue weighted by atomic mass is 9.79. The maximum Gasteiger partial charge on any atom is 0.253 e. The largest absolute Gasteiger partial charge is 0.396 e. The second-order valence-corrected chi connectivity index (χ2v) is 7.17. The predicted octanol–water partition coefficient (Wildman–Crippen LogP) is 3.47. The molecule has 5 nitrogen and oxygen atoms in total. The topological polar surface area (TPSA) is 67.2 Å². The first kappa shape index (κ1) is 18.7. The Morgan fingerprint density at radius 3 is 2.62 bits per heavy atom. The minimum absolute atomic E-state index is 0.0365. The molecule has 2 aromatic heterocycles.